The lowest BCUT2D eigenvalue weighted by Gasteiger charge is -2.13. The van der Waals surface area contributed by atoms with Crippen molar-refractivity contribution in [2.75, 3.05) is 7.11 Å². The number of aliphatic hydroxyl groups excluding tert-OH is 1. The average Bonchev–Trinajstić information content (AvgIpc) is 2.27. The SMILES string of the molecule is COc1ccc2ccncc2c1C(C)O. The normalized spacial score (nSPS) is 12.7. The van der Waals surface area contributed by atoms with E-state index in [0.717, 1.165) is 16.3 Å². The zero-order chi connectivity index (χ0) is 10.8. The van der Waals surface area contributed by atoms with E-state index in [0.29, 0.717) is 5.75 Å². The Bertz CT molecular complexity index is 480. The maximum absolute atomic E-state index is 9.73. The van der Waals surface area contributed by atoms with Gasteiger partial charge in [-0.1, -0.05) is 6.07 Å². The van der Waals surface area contributed by atoms with E-state index in [9.17, 15) is 5.11 Å². The van der Waals surface area contributed by atoms with Crippen molar-refractivity contribution in [2.45, 2.75) is 13.0 Å². The molecule has 0 amide bonds. The quantitative estimate of drug-likeness (QED) is 0.814. The van der Waals surface area contributed by atoms with Gasteiger partial charge in [-0.15, -0.1) is 0 Å². The first kappa shape index (κ1) is 9.93. The van der Waals surface area contributed by atoms with Gasteiger partial charge in [0.2, 0.25) is 0 Å². The Morgan fingerprint density at radius 3 is 2.80 bits per heavy atom. The second kappa shape index (κ2) is 3.87. The van der Waals surface area contributed by atoms with Crippen LogP contribution in [0.3, 0.4) is 0 Å². The third-order valence-electron chi connectivity index (χ3n) is 2.46. The first-order chi connectivity index (χ1) is 7.24. The van der Waals surface area contributed by atoms with Crippen LogP contribution in [-0.4, -0.2) is 17.2 Å². The summed E-state index contributed by atoms with van der Waals surface area (Å²) in [6.45, 7) is 1.73. The Morgan fingerprint density at radius 1 is 1.33 bits per heavy atom. The maximum Gasteiger partial charge on any atom is 0.125 e. The highest BCUT2D eigenvalue weighted by Crippen LogP contribution is 2.32. The molecule has 3 nitrogen and oxygen atoms in total. The Kier molecular flexibility index (Phi) is 2.56. The van der Waals surface area contributed by atoms with E-state index in [1.807, 2.05) is 18.2 Å². The number of nitrogens with zero attached hydrogens (tertiary/aromatic N) is 1. The van der Waals surface area contributed by atoms with E-state index < -0.39 is 6.10 Å². The molecule has 0 bridgehead atoms. The molecule has 0 radical (unpaired) electrons. The van der Waals surface area contributed by atoms with E-state index in [-0.39, 0.29) is 0 Å². The van der Waals surface area contributed by atoms with Gasteiger partial charge in [0.1, 0.15) is 5.75 Å². The summed E-state index contributed by atoms with van der Waals surface area (Å²) >= 11 is 0. The first-order valence-electron chi connectivity index (χ1n) is 4.82. The number of fused-ring (bicyclic) bond motifs is 1. The van der Waals surface area contributed by atoms with E-state index in [4.69, 9.17) is 4.74 Å². The summed E-state index contributed by atoms with van der Waals surface area (Å²) in [5.41, 5.74) is 0.795. The maximum atomic E-state index is 9.73. The van der Waals surface area contributed by atoms with Crippen molar-refractivity contribution < 1.29 is 9.84 Å². The minimum atomic E-state index is -0.562. The smallest absolute Gasteiger partial charge is 0.125 e. The highest BCUT2D eigenvalue weighted by Gasteiger charge is 2.12. The van der Waals surface area contributed by atoms with Crippen molar-refractivity contribution in [1.82, 2.24) is 4.98 Å². The van der Waals surface area contributed by atoms with Crippen molar-refractivity contribution >= 4 is 10.8 Å². The number of hydrogen-bond donors (Lipinski definition) is 1. The number of hydrogen-bond acceptors (Lipinski definition) is 3. The molecule has 0 aliphatic carbocycles. The van der Waals surface area contributed by atoms with Crippen LogP contribution in [-0.2, 0) is 0 Å². The van der Waals surface area contributed by atoms with Gasteiger partial charge in [-0.25, -0.2) is 0 Å². The molecule has 0 spiro atoms. The predicted octanol–water partition coefficient (Wildman–Crippen LogP) is 2.30. The molecule has 0 saturated carbocycles. The minimum Gasteiger partial charge on any atom is -0.496 e. The van der Waals surface area contributed by atoms with Crippen LogP contribution in [0.15, 0.2) is 30.6 Å². The number of pyridine rings is 1. The summed E-state index contributed by atoms with van der Waals surface area (Å²) in [5, 5.41) is 11.7. The fourth-order valence-electron chi connectivity index (χ4n) is 1.77. The van der Waals surface area contributed by atoms with Crippen molar-refractivity contribution in [3.05, 3.63) is 36.2 Å². The molecule has 1 unspecified atom stereocenters. The second-order valence-corrected chi connectivity index (χ2v) is 3.45. The first-order valence-corrected chi connectivity index (χ1v) is 4.82. The Balaban J connectivity index is 2.79. The highest BCUT2D eigenvalue weighted by molar-refractivity contribution is 5.87. The van der Waals surface area contributed by atoms with E-state index in [1.54, 1.807) is 26.4 Å². The van der Waals surface area contributed by atoms with Gasteiger partial charge in [-0.3, -0.25) is 4.98 Å². The molecule has 0 aliphatic heterocycles. The summed E-state index contributed by atoms with van der Waals surface area (Å²) in [4.78, 5) is 4.06. The molecular weight excluding hydrogens is 190 g/mol. The predicted molar refractivity (Wildman–Crippen MR) is 58.9 cm³/mol. The van der Waals surface area contributed by atoms with E-state index >= 15 is 0 Å². The topological polar surface area (TPSA) is 42.4 Å². The highest BCUT2D eigenvalue weighted by atomic mass is 16.5. The Labute approximate surface area is 88.3 Å². The van der Waals surface area contributed by atoms with E-state index in [2.05, 4.69) is 4.98 Å². The van der Waals surface area contributed by atoms with Gasteiger partial charge in [0.15, 0.2) is 0 Å². The van der Waals surface area contributed by atoms with Crippen LogP contribution >= 0.6 is 0 Å². The number of aromatic nitrogens is 1. The molecule has 2 aromatic rings. The zero-order valence-electron chi connectivity index (χ0n) is 8.77. The third-order valence-corrected chi connectivity index (χ3v) is 2.46. The van der Waals surface area contributed by atoms with Gasteiger partial charge in [0, 0.05) is 23.3 Å². The van der Waals surface area contributed by atoms with Crippen LogP contribution in [0, 0.1) is 0 Å². The fraction of sp³-hybridized carbons (Fsp3) is 0.250. The lowest BCUT2D eigenvalue weighted by molar-refractivity contribution is 0.196. The molecule has 1 N–H and O–H groups in total. The monoisotopic (exact) mass is 203 g/mol. The lowest BCUT2D eigenvalue weighted by Crippen LogP contribution is -1.98. The van der Waals surface area contributed by atoms with Crippen LogP contribution in [0.25, 0.3) is 10.8 Å². The van der Waals surface area contributed by atoms with Crippen LogP contribution in [0.1, 0.15) is 18.6 Å². The summed E-state index contributed by atoms with van der Waals surface area (Å²) in [6, 6.07) is 5.74. The molecule has 1 heterocycles. The van der Waals surface area contributed by atoms with Gasteiger partial charge in [0.05, 0.1) is 13.2 Å². The average molecular weight is 203 g/mol. The Hall–Kier alpha value is -1.61. The summed E-state index contributed by atoms with van der Waals surface area (Å²) < 4.78 is 5.23. The zero-order valence-corrected chi connectivity index (χ0v) is 8.77. The number of rotatable bonds is 2. The second-order valence-electron chi connectivity index (χ2n) is 3.45. The molecule has 15 heavy (non-hydrogen) atoms. The number of aliphatic hydroxyl groups is 1. The molecule has 78 valence electrons. The van der Waals surface area contributed by atoms with Crippen molar-refractivity contribution in [2.24, 2.45) is 0 Å². The van der Waals surface area contributed by atoms with Crippen LogP contribution in [0.4, 0.5) is 0 Å². The molecule has 0 aliphatic rings. The molecule has 0 saturated heterocycles. The summed E-state index contributed by atoms with van der Waals surface area (Å²) in [5.74, 6) is 0.700. The Morgan fingerprint density at radius 2 is 2.13 bits per heavy atom. The van der Waals surface area contributed by atoms with Crippen LogP contribution in [0.5, 0.6) is 5.75 Å². The lowest BCUT2D eigenvalue weighted by atomic mass is 10.0. The van der Waals surface area contributed by atoms with Gasteiger partial charge >= 0.3 is 0 Å². The molecule has 3 heteroatoms. The largest absolute Gasteiger partial charge is 0.496 e. The number of ether oxygens (including phenoxy) is 1. The van der Waals surface area contributed by atoms with Crippen molar-refractivity contribution in [3.63, 3.8) is 0 Å². The van der Waals surface area contributed by atoms with Gasteiger partial charge in [0.25, 0.3) is 0 Å². The van der Waals surface area contributed by atoms with Gasteiger partial charge < -0.3 is 9.84 Å². The molecule has 1 aromatic heterocycles. The van der Waals surface area contributed by atoms with Crippen LogP contribution < -0.4 is 4.74 Å². The molecule has 0 fully saturated rings. The third kappa shape index (κ3) is 1.66. The standard InChI is InChI=1S/C12H13NO2/c1-8(14)12-10-7-13-6-5-9(10)3-4-11(12)15-2/h3-8,14H,1-2H3. The van der Waals surface area contributed by atoms with Gasteiger partial charge in [-0.05, 0) is 24.4 Å². The molecule has 1 aromatic carbocycles. The van der Waals surface area contributed by atoms with Crippen molar-refractivity contribution in [1.29, 1.82) is 0 Å². The van der Waals surface area contributed by atoms with E-state index in [1.165, 1.54) is 0 Å². The summed E-state index contributed by atoms with van der Waals surface area (Å²) in [7, 11) is 1.60. The van der Waals surface area contributed by atoms with Crippen molar-refractivity contribution in [3.8, 4) is 5.75 Å². The summed E-state index contributed by atoms with van der Waals surface area (Å²) in [6.07, 6.45) is 2.92. The number of methoxy groups -OCH3 is 1. The molecule has 1 atom stereocenters. The van der Waals surface area contributed by atoms with Gasteiger partial charge in [-0.2, -0.15) is 0 Å². The fourth-order valence-corrected chi connectivity index (χ4v) is 1.77. The van der Waals surface area contributed by atoms with Crippen LogP contribution in [0.2, 0.25) is 0 Å². The minimum absolute atomic E-state index is 0.562. The number of benzene rings is 1. The molecular formula is C12H13NO2. The molecule has 2 rings (SSSR count).